The molecule has 0 radical (unpaired) electrons. The molecule has 6 heteroatoms. The van der Waals surface area contributed by atoms with Crippen LogP contribution < -0.4 is 10.2 Å². The molecule has 0 aromatic carbocycles. The summed E-state index contributed by atoms with van der Waals surface area (Å²) in [6, 6.07) is 4.00. The van der Waals surface area contributed by atoms with E-state index >= 15 is 0 Å². The summed E-state index contributed by atoms with van der Waals surface area (Å²) in [5.74, 6) is 1.45. The zero-order valence-corrected chi connectivity index (χ0v) is 13.0. The standard InChI is InChI=1S/C16H21N5O/c1-11-7-13(8-18-12(11)2)9-19-16-17-5-3-15(20-16)21-6-4-14(22)10-21/h3,5,7-8,14,22H,4,6,9-10H2,1-2H3,(H,17,19,20)/t14-/m1/s1. The molecule has 2 N–H and O–H groups in total. The maximum atomic E-state index is 9.62. The summed E-state index contributed by atoms with van der Waals surface area (Å²) in [6.45, 7) is 6.17. The van der Waals surface area contributed by atoms with Gasteiger partial charge < -0.3 is 15.3 Å². The molecule has 1 fully saturated rings. The summed E-state index contributed by atoms with van der Waals surface area (Å²) in [6.07, 6.45) is 4.15. The Bertz CT molecular complexity index is 661. The minimum Gasteiger partial charge on any atom is -0.391 e. The number of hydrogen-bond donors (Lipinski definition) is 2. The van der Waals surface area contributed by atoms with Crippen molar-refractivity contribution in [1.82, 2.24) is 15.0 Å². The number of anilines is 2. The SMILES string of the molecule is Cc1cc(CNc2nccc(N3CC[C@@H](O)C3)n2)cnc1C. The van der Waals surface area contributed by atoms with Gasteiger partial charge in [-0.2, -0.15) is 4.98 Å². The third-order valence-corrected chi connectivity index (χ3v) is 3.98. The molecule has 1 aliphatic heterocycles. The summed E-state index contributed by atoms with van der Waals surface area (Å²) in [5.41, 5.74) is 3.34. The molecule has 6 nitrogen and oxygen atoms in total. The summed E-state index contributed by atoms with van der Waals surface area (Å²) >= 11 is 0. The number of hydrogen-bond acceptors (Lipinski definition) is 6. The highest BCUT2D eigenvalue weighted by atomic mass is 16.3. The van der Waals surface area contributed by atoms with Crippen LogP contribution in [0.15, 0.2) is 24.5 Å². The summed E-state index contributed by atoms with van der Waals surface area (Å²) in [7, 11) is 0. The number of nitrogens with one attached hydrogen (secondary N) is 1. The van der Waals surface area contributed by atoms with E-state index in [-0.39, 0.29) is 6.10 Å². The predicted octanol–water partition coefficient (Wildman–Crippen LogP) is 1.67. The number of aryl methyl sites for hydroxylation is 2. The second-order valence-electron chi connectivity index (χ2n) is 5.73. The maximum Gasteiger partial charge on any atom is 0.224 e. The maximum absolute atomic E-state index is 9.62. The Morgan fingerprint density at radius 2 is 2.23 bits per heavy atom. The topological polar surface area (TPSA) is 74.2 Å². The van der Waals surface area contributed by atoms with E-state index in [1.54, 1.807) is 6.20 Å². The smallest absolute Gasteiger partial charge is 0.224 e. The normalized spacial score (nSPS) is 17.8. The fraction of sp³-hybridized carbons (Fsp3) is 0.438. The van der Waals surface area contributed by atoms with E-state index < -0.39 is 0 Å². The van der Waals surface area contributed by atoms with Crippen molar-refractivity contribution >= 4 is 11.8 Å². The molecule has 1 saturated heterocycles. The Hall–Kier alpha value is -2.21. The van der Waals surface area contributed by atoms with Gasteiger partial charge in [-0.15, -0.1) is 0 Å². The number of aromatic nitrogens is 3. The lowest BCUT2D eigenvalue weighted by atomic mass is 10.1. The lowest BCUT2D eigenvalue weighted by Crippen LogP contribution is -2.22. The lowest BCUT2D eigenvalue weighted by Gasteiger charge is -2.17. The van der Waals surface area contributed by atoms with Crippen LogP contribution in [0.3, 0.4) is 0 Å². The molecule has 2 aromatic rings. The first-order valence-corrected chi connectivity index (χ1v) is 7.54. The second-order valence-corrected chi connectivity index (χ2v) is 5.73. The van der Waals surface area contributed by atoms with E-state index in [4.69, 9.17) is 0 Å². The van der Waals surface area contributed by atoms with Crippen LogP contribution in [-0.4, -0.2) is 39.3 Å². The van der Waals surface area contributed by atoms with Crippen LogP contribution >= 0.6 is 0 Å². The van der Waals surface area contributed by atoms with Crippen LogP contribution in [0.25, 0.3) is 0 Å². The van der Waals surface area contributed by atoms with Crippen LogP contribution in [-0.2, 0) is 6.54 Å². The Balaban J connectivity index is 1.66. The average molecular weight is 299 g/mol. The van der Waals surface area contributed by atoms with E-state index in [1.165, 1.54) is 5.56 Å². The molecule has 2 aromatic heterocycles. The van der Waals surface area contributed by atoms with Gasteiger partial charge in [0, 0.05) is 37.7 Å². The third-order valence-electron chi connectivity index (χ3n) is 3.98. The molecular formula is C16H21N5O. The predicted molar refractivity (Wildman–Crippen MR) is 85.9 cm³/mol. The van der Waals surface area contributed by atoms with Gasteiger partial charge in [0.05, 0.1) is 6.10 Å². The average Bonchev–Trinajstić information content (AvgIpc) is 2.95. The van der Waals surface area contributed by atoms with Crippen molar-refractivity contribution in [3.05, 3.63) is 41.3 Å². The van der Waals surface area contributed by atoms with E-state index in [1.807, 2.05) is 19.2 Å². The fourth-order valence-corrected chi connectivity index (χ4v) is 2.54. The molecule has 0 unspecified atom stereocenters. The van der Waals surface area contributed by atoms with E-state index in [0.717, 1.165) is 30.0 Å². The van der Waals surface area contributed by atoms with E-state index in [2.05, 4.69) is 38.2 Å². The van der Waals surface area contributed by atoms with Gasteiger partial charge in [-0.25, -0.2) is 4.98 Å². The van der Waals surface area contributed by atoms with Crippen molar-refractivity contribution in [2.24, 2.45) is 0 Å². The van der Waals surface area contributed by atoms with E-state index in [0.29, 0.717) is 19.0 Å². The molecule has 116 valence electrons. The van der Waals surface area contributed by atoms with Crippen LogP contribution in [0.5, 0.6) is 0 Å². The quantitative estimate of drug-likeness (QED) is 0.894. The van der Waals surface area contributed by atoms with Gasteiger partial charge in [-0.3, -0.25) is 4.98 Å². The number of pyridine rings is 1. The highest BCUT2D eigenvalue weighted by Gasteiger charge is 2.21. The van der Waals surface area contributed by atoms with Crippen molar-refractivity contribution in [2.75, 3.05) is 23.3 Å². The Kier molecular flexibility index (Phi) is 4.20. The first kappa shape index (κ1) is 14.7. The van der Waals surface area contributed by atoms with Gasteiger partial charge in [0.25, 0.3) is 0 Å². The first-order valence-electron chi connectivity index (χ1n) is 7.54. The minimum atomic E-state index is -0.256. The van der Waals surface area contributed by atoms with Crippen molar-refractivity contribution in [3.63, 3.8) is 0 Å². The van der Waals surface area contributed by atoms with Crippen molar-refractivity contribution < 1.29 is 5.11 Å². The lowest BCUT2D eigenvalue weighted by molar-refractivity contribution is 0.198. The molecule has 1 aliphatic rings. The van der Waals surface area contributed by atoms with Gasteiger partial charge in [0.2, 0.25) is 5.95 Å². The second kappa shape index (κ2) is 6.27. The monoisotopic (exact) mass is 299 g/mol. The summed E-state index contributed by atoms with van der Waals surface area (Å²) in [5, 5.41) is 12.9. The van der Waals surface area contributed by atoms with Gasteiger partial charge >= 0.3 is 0 Å². The molecule has 3 heterocycles. The largest absolute Gasteiger partial charge is 0.391 e. The summed E-state index contributed by atoms with van der Waals surface area (Å²) < 4.78 is 0. The van der Waals surface area contributed by atoms with Crippen molar-refractivity contribution in [1.29, 1.82) is 0 Å². The molecule has 22 heavy (non-hydrogen) atoms. The zero-order valence-electron chi connectivity index (χ0n) is 13.0. The van der Waals surface area contributed by atoms with Gasteiger partial charge in [0.1, 0.15) is 5.82 Å². The third kappa shape index (κ3) is 3.33. The van der Waals surface area contributed by atoms with Gasteiger partial charge in [-0.1, -0.05) is 6.07 Å². The molecule has 1 atom stereocenters. The molecule has 3 rings (SSSR count). The van der Waals surface area contributed by atoms with Crippen LogP contribution in [0.4, 0.5) is 11.8 Å². The Labute approximate surface area is 130 Å². The van der Waals surface area contributed by atoms with Crippen LogP contribution in [0.2, 0.25) is 0 Å². The fourth-order valence-electron chi connectivity index (χ4n) is 2.54. The molecule has 0 aliphatic carbocycles. The Morgan fingerprint density at radius 1 is 1.36 bits per heavy atom. The molecular weight excluding hydrogens is 278 g/mol. The molecule has 0 spiro atoms. The summed E-state index contributed by atoms with van der Waals surface area (Å²) in [4.78, 5) is 15.2. The van der Waals surface area contributed by atoms with Crippen molar-refractivity contribution in [2.45, 2.75) is 32.9 Å². The van der Waals surface area contributed by atoms with Gasteiger partial charge in [-0.05, 0) is 37.5 Å². The molecule has 0 bridgehead atoms. The number of aliphatic hydroxyl groups excluding tert-OH is 1. The number of β-amino-alcohol motifs (C(OH)–C–C–N with tert-alkyl or cyclic N) is 1. The number of aliphatic hydroxyl groups is 1. The number of nitrogens with zero attached hydrogens (tertiary/aromatic N) is 4. The Morgan fingerprint density at radius 3 is 2.95 bits per heavy atom. The van der Waals surface area contributed by atoms with Crippen LogP contribution in [0.1, 0.15) is 23.2 Å². The highest BCUT2D eigenvalue weighted by molar-refractivity contribution is 5.43. The first-order chi connectivity index (χ1) is 10.6. The van der Waals surface area contributed by atoms with Crippen molar-refractivity contribution in [3.8, 4) is 0 Å². The number of rotatable bonds is 4. The molecule has 0 saturated carbocycles. The zero-order chi connectivity index (χ0) is 15.5. The molecule has 0 amide bonds. The van der Waals surface area contributed by atoms with Crippen LogP contribution in [0, 0.1) is 13.8 Å². The minimum absolute atomic E-state index is 0.256. The van der Waals surface area contributed by atoms with Gasteiger partial charge in [0.15, 0.2) is 0 Å². The highest BCUT2D eigenvalue weighted by Crippen LogP contribution is 2.18. The van der Waals surface area contributed by atoms with E-state index in [9.17, 15) is 5.11 Å².